The van der Waals surface area contributed by atoms with E-state index in [1.807, 2.05) is 25.4 Å². The van der Waals surface area contributed by atoms with E-state index in [9.17, 15) is 14.7 Å². The van der Waals surface area contributed by atoms with E-state index in [2.05, 4.69) is 14.9 Å². The maximum atomic E-state index is 12.7. The van der Waals surface area contributed by atoms with Crippen molar-refractivity contribution in [1.29, 1.82) is 0 Å². The highest BCUT2D eigenvalue weighted by molar-refractivity contribution is 5.96. The zero-order chi connectivity index (χ0) is 18.5. The summed E-state index contributed by atoms with van der Waals surface area (Å²) in [6.45, 7) is 1.11. The zero-order valence-corrected chi connectivity index (χ0v) is 14.7. The quantitative estimate of drug-likeness (QED) is 0.879. The normalized spacial score (nSPS) is 20.2. The van der Waals surface area contributed by atoms with Gasteiger partial charge in [0.25, 0.3) is 5.91 Å². The molecule has 7 heteroatoms. The number of likely N-dealkylation sites (tertiary alicyclic amines) is 1. The minimum atomic E-state index is -0.971. The highest BCUT2D eigenvalue weighted by Crippen LogP contribution is 2.24. The highest BCUT2D eigenvalue weighted by Gasteiger charge is 2.37. The van der Waals surface area contributed by atoms with Gasteiger partial charge in [-0.1, -0.05) is 6.07 Å². The molecule has 7 nitrogen and oxygen atoms in total. The fourth-order valence-corrected chi connectivity index (χ4v) is 3.39. The van der Waals surface area contributed by atoms with E-state index >= 15 is 0 Å². The van der Waals surface area contributed by atoms with Crippen LogP contribution in [0.5, 0.6) is 0 Å². The Morgan fingerprint density at radius 1 is 1.23 bits per heavy atom. The largest absolute Gasteiger partial charge is 0.480 e. The van der Waals surface area contributed by atoms with Crippen LogP contribution in [0.25, 0.3) is 0 Å². The molecular weight excluding hydrogens is 332 g/mol. The molecule has 3 rings (SSSR count). The lowest BCUT2D eigenvalue weighted by molar-refractivity contribution is -0.144. The van der Waals surface area contributed by atoms with Gasteiger partial charge in [-0.05, 0) is 43.7 Å². The van der Waals surface area contributed by atoms with Crippen molar-refractivity contribution in [2.45, 2.75) is 31.5 Å². The summed E-state index contributed by atoms with van der Waals surface area (Å²) in [4.78, 5) is 36.1. The number of rotatable bonds is 5. The summed E-state index contributed by atoms with van der Waals surface area (Å²) < 4.78 is 0. The van der Waals surface area contributed by atoms with Crippen molar-refractivity contribution in [3.8, 4) is 0 Å². The third-order valence-corrected chi connectivity index (χ3v) is 4.81. The Hall–Kier alpha value is -2.80. The minimum Gasteiger partial charge on any atom is -0.480 e. The summed E-state index contributed by atoms with van der Waals surface area (Å²) in [5, 5.41) is 9.66. The Morgan fingerprint density at radius 2 is 1.96 bits per heavy atom. The molecule has 1 fully saturated rings. The molecule has 1 aliphatic heterocycles. The maximum absolute atomic E-state index is 12.7. The summed E-state index contributed by atoms with van der Waals surface area (Å²) in [6.07, 6.45) is 7.73. The predicted octanol–water partition coefficient (Wildman–Crippen LogP) is 1.67. The lowest BCUT2D eigenvalue weighted by atomic mass is 9.95. The van der Waals surface area contributed by atoms with Gasteiger partial charge in [0.15, 0.2) is 0 Å². The molecular formula is C19H22N4O3. The molecule has 1 amide bonds. The molecule has 0 bridgehead atoms. The van der Waals surface area contributed by atoms with Crippen LogP contribution in [0.3, 0.4) is 0 Å². The van der Waals surface area contributed by atoms with Gasteiger partial charge in [0.1, 0.15) is 6.04 Å². The number of piperidine rings is 1. The number of hydrogen-bond donors (Lipinski definition) is 1. The third-order valence-electron chi connectivity index (χ3n) is 4.81. The van der Waals surface area contributed by atoms with Crippen LogP contribution in [0.1, 0.15) is 28.8 Å². The summed E-state index contributed by atoms with van der Waals surface area (Å²) in [6, 6.07) is 6.48. The summed E-state index contributed by atoms with van der Waals surface area (Å²) in [7, 11) is 1.98. The van der Waals surface area contributed by atoms with E-state index in [1.165, 1.54) is 11.1 Å². The van der Waals surface area contributed by atoms with Crippen molar-refractivity contribution in [2.75, 3.05) is 13.6 Å². The summed E-state index contributed by atoms with van der Waals surface area (Å²) >= 11 is 0. The second-order valence-electron chi connectivity index (χ2n) is 6.55. The SMILES string of the molecule is CN(Cc1cccnc1)C1CCN(C(=O)c2cccnc2)C(C(=O)O)C1. The monoisotopic (exact) mass is 354 g/mol. The van der Waals surface area contributed by atoms with Crippen LogP contribution in [0, 0.1) is 0 Å². The molecule has 2 aromatic rings. The number of carbonyl (C=O) groups is 2. The molecule has 26 heavy (non-hydrogen) atoms. The number of aromatic nitrogens is 2. The molecule has 2 unspecified atom stereocenters. The van der Waals surface area contributed by atoms with E-state index < -0.39 is 12.0 Å². The van der Waals surface area contributed by atoms with Crippen LogP contribution in [0.4, 0.5) is 0 Å². The molecule has 0 aromatic carbocycles. The smallest absolute Gasteiger partial charge is 0.326 e. The average molecular weight is 354 g/mol. The van der Waals surface area contributed by atoms with E-state index in [0.29, 0.717) is 25.1 Å². The van der Waals surface area contributed by atoms with E-state index in [1.54, 1.807) is 24.5 Å². The zero-order valence-electron chi connectivity index (χ0n) is 14.7. The Morgan fingerprint density at radius 3 is 2.58 bits per heavy atom. The molecule has 2 aromatic heterocycles. The Kier molecular flexibility index (Phi) is 5.58. The number of carboxylic acid groups (broad SMARTS) is 1. The van der Waals surface area contributed by atoms with Crippen LogP contribution < -0.4 is 0 Å². The number of hydrogen-bond acceptors (Lipinski definition) is 5. The molecule has 136 valence electrons. The van der Waals surface area contributed by atoms with Gasteiger partial charge in [0.2, 0.25) is 0 Å². The van der Waals surface area contributed by atoms with Gasteiger partial charge in [-0.3, -0.25) is 19.7 Å². The molecule has 1 N–H and O–H groups in total. The standard InChI is InChI=1S/C19H22N4O3/c1-22(13-14-4-2-7-20-11-14)16-6-9-23(17(10-16)19(25)26)18(24)15-5-3-8-21-12-15/h2-5,7-8,11-12,16-17H,6,9-10,13H2,1H3,(H,25,26). The average Bonchev–Trinajstić information content (AvgIpc) is 2.68. The van der Waals surface area contributed by atoms with Crippen molar-refractivity contribution >= 4 is 11.9 Å². The van der Waals surface area contributed by atoms with Crippen LogP contribution in [-0.4, -0.2) is 62.4 Å². The van der Waals surface area contributed by atoms with E-state index in [-0.39, 0.29) is 11.9 Å². The Balaban J connectivity index is 1.70. The molecule has 1 saturated heterocycles. The van der Waals surface area contributed by atoms with Gasteiger partial charge in [-0.25, -0.2) is 4.79 Å². The first-order chi connectivity index (χ1) is 12.6. The van der Waals surface area contributed by atoms with Gasteiger partial charge < -0.3 is 10.0 Å². The predicted molar refractivity (Wildman–Crippen MR) is 95.4 cm³/mol. The number of carboxylic acids is 1. The van der Waals surface area contributed by atoms with Crippen LogP contribution in [0.2, 0.25) is 0 Å². The highest BCUT2D eigenvalue weighted by atomic mass is 16.4. The van der Waals surface area contributed by atoms with Crippen LogP contribution >= 0.6 is 0 Å². The molecule has 0 radical (unpaired) electrons. The second kappa shape index (κ2) is 8.05. The molecule has 0 spiro atoms. The van der Waals surface area contributed by atoms with Crippen LogP contribution in [0.15, 0.2) is 49.1 Å². The number of carbonyl (C=O) groups excluding carboxylic acids is 1. The molecule has 2 atom stereocenters. The van der Waals surface area contributed by atoms with Gasteiger partial charge in [0, 0.05) is 43.9 Å². The van der Waals surface area contributed by atoms with Gasteiger partial charge in [-0.15, -0.1) is 0 Å². The lowest BCUT2D eigenvalue weighted by Gasteiger charge is -2.40. The fraction of sp³-hybridized carbons (Fsp3) is 0.368. The number of aliphatic carboxylic acids is 1. The first-order valence-corrected chi connectivity index (χ1v) is 8.59. The number of nitrogens with zero attached hydrogens (tertiary/aromatic N) is 4. The lowest BCUT2D eigenvalue weighted by Crippen LogP contribution is -2.54. The molecule has 3 heterocycles. The molecule has 0 aliphatic carbocycles. The fourth-order valence-electron chi connectivity index (χ4n) is 3.39. The van der Waals surface area contributed by atoms with Crippen molar-refractivity contribution in [2.24, 2.45) is 0 Å². The van der Waals surface area contributed by atoms with Crippen molar-refractivity contribution in [1.82, 2.24) is 19.8 Å². The van der Waals surface area contributed by atoms with E-state index in [4.69, 9.17) is 0 Å². The van der Waals surface area contributed by atoms with Gasteiger partial charge >= 0.3 is 5.97 Å². The number of amides is 1. The third kappa shape index (κ3) is 4.05. The van der Waals surface area contributed by atoms with Gasteiger partial charge in [0.05, 0.1) is 5.56 Å². The van der Waals surface area contributed by atoms with Crippen molar-refractivity contribution in [3.05, 3.63) is 60.2 Å². The maximum Gasteiger partial charge on any atom is 0.326 e. The summed E-state index contributed by atoms with van der Waals surface area (Å²) in [5.41, 5.74) is 1.50. The topological polar surface area (TPSA) is 86.6 Å². The van der Waals surface area contributed by atoms with Crippen molar-refractivity contribution in [3.63, 3.8) is 0 Å². The van der Waals surface area contributed by atoms with Crippen LogP contribution in [-0.2, 0) is 11.3 Å². The van der Waals surface area contributed by atoms with Gasteiger partial charge in [-0.2, -0.15) is 0 Å². The Labute approximate surface area is 152 Å². The van der Waals surface area contributed by atoms with E-state index in [0.717, 1.165) is 12.0 Å². The van der Waals surface area contributed by atoms with Crippen molar-refractivity contribution < 1.29 is 14.7 Å². The molecule has 0 saturated carbocycles. The Bertz CT molecular complexity index is 754. The summed E-state index contributed by atoms with van der Waals surface area (Å²) in [5.74, 6) is -1.25. The second-order valence-corrected chi connectivity index (χ2v) is 6.55. The molecule has 1 aliphatic rings. The number of pyridine rings is 2. The first kappa shape index (κ1) is 18.0. The first-order valence-electron chi connectivity index (χ1n) is 8.59. The minimum absolute atomic E-state index is 0.0919.